The highest BCUT2D eigenvalue weighted by molar-refractivity contribution is 7.91. The van der Waals surface area contributed by atoms with Gasteiger partial charge < -0.3 is 4.74 Å². The first kappa shape index (κ1) is 14.1. The molecule has 0 atom stereocenters. The topological polar surface area (TPSA) is 43.4 Å². The van der Waals surface area contributed by atoms with Gasteiger partial charge in [0.05, 0.1) is 17.8 Å². The van der Waals surface area contributed by atoms with Crippen LogP contribution in [0.25, 0.3) is 11.1 Å². The van der Waals surface area contributed by atoms with Gasteiger partial charge in [-0.1, -0.05) is 24.3 Å². The predicted octanol–water partition coefficient (Wildman–Crippen LogP) is 3.39. The molecular weight excluding hydrogens is 284 g/mol. The van der Waals surface area contributed by atoms with Crippen LogP contribution in [0, 0.1) is 6.92 Å². The molecule has 1 aliphatic rings. The van der Waals surface area contributed by atoms with Crippen molar-refractivity contribution in [2.24, 2.45) is 0 Å². The summed E-state index contributed by atoms with van der Waals surface area (Å²) >= 11 is 0. The van der Waals surface area contributed by atoms with Crippen LogP contribution in [0.1, 0.15) is 17.5 Å². The van der Waals surface area contributed by atoms with Crippen LogP contribution in [0.4, 0.5) is 0 Å². The highest BCUT2D eigenvalue weighted by Gasteiger charge is 2.24. The zero-order valence-electron chi connectivity index (χ0n) is 12.2. The zero-order chi connectivity index (χ0) is 15.0. The number of ether oxygens (including phenoxy) is 1. The summed E-state index contributed by atoms with van der Waals surface area (Å²) in [5.41, 5.74) is 3.85. The molecule has 0 saturated heterocycles. The standard InChI is InChI=1S/C17H18O3S/c1-12-5-8-15(16(10-12)20-2)14-7-6-13-4-3-9-21(18,19)17(13)11-14/h5-8,10-11H,3-4,9H2,1-2H3. The minimum Gasteiger partial charge on any atom is -0.496 e. The molecule has 0 N–H and O–H groups in total. The summed E-state index contributed by atoms with van der Waals surface area (Å²) in [5.74, 6) is 1.01. The Morgan fingerprint density at radius 2 is 1.90 bits per heavy atom. The fourth-order valence-corrected chi connectivity index (χ4v) is 4.44. The normalized spacial score (nSPS) is 16.3. The van der Waals surface area contributed by atoms with E-state index in [9.17, 15) is 8.42 Å². The molecule has 0 radical (unpaired) electrons. The van der Waals surface area contributed by atoms with Crippen molar-refractivity contribution < 1.29 is 13.2 Å². The van der Waals surface area contributed by atoms with E-state index in [0.29, 0.717) is 11.3 Å². The Kier molecular flexibility index (Phi) is 3.49. The Labute approximate surface area is 125 Å². The Bertz CT molecular complexity index is 792. The number of hydrogen-bond acceptors (Lipinski definition) is 3. The fourth-order valence-electron chi connectivity index (χ4n) is 2.82. The van der Waals surface area contributed by atoms with E-state index >= 15 is 0 Å². The Balaban J connectivity index is 2.17. The van der Waals surface area contributed by atoms with Crippen LogP contribution in [0.5, 0.6) is 5.75 Å². The number of aryl methyl sites for hydroxylation is 2. The lowest BCUT2D eigenvalue weighted by molar-refractivity contribution is 0.416. The molecule has 4 heteroatoms. The molecule has 0 fully saturated rings. The first-order chi connectivity index (χ1) is 10.0. The van der Waals surface area contributed by atoms with Gasteiger partial charge in [0, 0.05) is 5.56 Å². The molecule has 3 nitrogen and oxygen atoms in total. The maximum Gasteiger partial charge on any atom is 0.178 e. The van der Waals surface area contributed by atoms with Crippen molar-refractivity contribution in [3.63, 3.8) is 0 Å². The van der Waals surface area contributed by atoms with E-state index in [4.69, 9.17) is 4.74 Å². The minimum absolute atomic E-state index is 0.245. The number of hydrogen-bond donors (Lipinski definition) is 0. The van der Waals surface area contributed by atoms with Crippen LogP contribution in [-0.2, 0) is 16.3 Å². The van der Waals surface area contributed by atoms with Gasteiger partial charge in [-0.2, -0.15) is 0 Å². The summed E-state index contributed by atoms with van der Waals surface area (Å²) in [5, 5.41) is 0. The first-order valence-electron chi connectivity index (χ1n) is 7.02. The third-order valence-electron chi connectivity index (χ3n) is 3.93. The van der Waals surface area contributed by atoms with Crippen molar-refractivity contribution in [3.8, 4) is 16.9 Å². The molecule has 0 aliphatic carbocycles. The van der Waals surface area contributed by atoms with Crippen molar-refractivity contribution in [2.75, 3.05) is 12.9 Å². The zero-order valence-corrected chi connectivity index (χ0v) is 13.0. The molecule has 0 bridgehead atoms. The SMILES string of the molecule is COc1cc(C)ccc1-c1ccc2c(c1)S(=O)(=O)CCC2. The molecule has 0 aromatic heterocycles. The highest BCUT2D eigenvalue weighted by Crippen LogP contribution is 2.34. The molecule has 0 amide bonds. The van der Waals surface area contributed by atoms with Crippen LogP contribution >= 0.6 is 0 Å². The van der Waals surface area contributed by atoms with Crippen molar-refractivity contribution >= 4 is 9.84 Å². The van der Waals surface area contributed by atoms with E-state index in [2.05, 4.69) is 0 Å². The van der Waals surface area contributed by atoms with Crippen molar-refractivity contribution in [1.29, 1.82) is 0 Å². The average molecular weight is 302 g/mol. The molecule has 1 aliphatic heterocycles. The van der Waals surface area contributed by atoms with Gasteiger partial charge in [0.2, 0.25) is 0 Å². The van der Waals surface area contributed by atoms with Gasteiger partial charge in [0.15, 0.2) is 9.84 Å². The number of methoxy groups -OCH3 is 1. The second kappa shape index (κ2) is 5.19. The summed E-state index contributed by atoms with van der Waals surface area (Å²) in [6.45, 7) is 2.00. The maximum atomic E-state index is 12.2. The molecular formula is C17H18O3S. The molecule has 3 rings (SSSR count). The van der Waals surface area contributed by atoms with Gasteiger partial charge in [-0.25, -0.2) is 8.42 Å². The average Bonchev–Trinajstić information content (AvgIpc) is 2.47. The van der Waals surface area contributed by atoms with Crippen LogP contribution in [-0.4, -0.2) is 21.3 Å². The molecule has 0 spiro atoms. The second-order valence-corrected chi connectivity index (χ2v) is 7.53. The molecule has 2 aromatic carbocycles. The third-order valence-corrected chi connectivity index (χ3v) is 5.81. The lowest BCUT2D eigenvalue weighted by Gasteiger charge is -2.18. The molecule has 2 aromatic rings. The lowest BCUT2D eigenvalue weighted by Crippen LogP contribution is -2.16. The lowest BCUT2D eigenvalue weighted by atomic mass is 10.00. The number of rotatable bonds is 2. The van der Waals surface area contributed by atoms with E-state index < -0.39 is 9.84 Å². The van der Waals surface area contributed by atoms with Gasteiger partial charge in [-0.3, -0.25) is 0 Å². The largest absolute Gasteiger partial charge is 0.496 e. The summed E-state index contributed by atoms with van der Waals surface area (Å²) in [6.07, 6.45) is 1.54. The molecule has 1 heterocycles. The number of sulfone groups is 1. The van der Waals surface area contributed by atoms with E-state index in [0.717, 1.165) is 34.4 Å². The maximum absolute atomic E-state index is 12.2. The molecule has 0 saturated carbocycles. The van der Waals surface area contributed by atoms with Gasteiger partial charge in [-0.05, 0) is 48.6 Å². The van der Waals surface area contributed by atoms with Crippen molar-refractivity contribution in [1.82, 2.24) is 0 Å². The quantitative estimate of drug-likeness (QED) is 0.854. The van der Waals surface area contributed by atoms with Gasteiger partial charge in [-0.15, -0.1) is 0 Å². The second-order valence-electron chi connectivity index (χ2n) is 5.45. The van der Waals surface area contributed by atoms with E-state index in [-0.39, 0.29) is 5.75 Å². The van der Waals surface area contributed by atoms with Gasteiger partial charge >= 0.3 is 0 Å². The van der Waals surface area contributed by atoms with E-state index in [1.165, 1.54) is 0 Å². The van der Waals surface area contributed by atoms with Crippen LogP contribution in [0.2, 0.25) is 0 Å². The molecule has 110 valence electrons. The number of benzene rings is 2. The summed E-state index contributed by atoms with van der Waals surface area (Å²) in [4.78, 5) is 0.480. The third kappa shape index (κ3) is 2.56. The van der Waals surface area contributed by atoms with E-state index in [1.807, 2.05) is 37.3 Å². The molecule has 21 heavy (non-hydrogen) atoms. The summed E-state index contributed by atoms with van der Waals surface area (Å²) in [6, 6.07) is 11.6. The monoisotopic (exact) mass is 302 g/mol. The van der Waals surface area contributed by atoms with Crippen molar-refractivity contribution in [3.05, 3.63) is 47.5 Å². The van der Waals surface area contributed by atoms with Crippen LogP contribution < -0.4 is 4.74 Å². The highest BCUT2D eigenvalue weighted by atomic mass is 32.2. The van der Waals surface area contributed by atoms with Gasteiger partial charge in [0.25, 0.3) is 0 Å². The Morgan fingerprint density at radius 3 is 2.67 bits per heavy atom. The van der Waals surface area contributed by atoms with E-state index in [1.54, 1.807) is 13.2 Å². The van der Waals surface area contributed by atoms with Crippen LogP contribution in [0.3, 0.4) is 0 Å². The molecule has 0 unspecified atom stereocenters. The first-order valence-corrected chi connectivity index (χ1v) is 8.67. The minimum atomic E-state index is -3.14. The summed E-state index contributed by atoms with van der Waals surface area (Å²) < 4.78 is 29.9. The fraction of sp³-hybridized carbons (Fsp3) is 0.294. The Hall–Kier alpha value is -1.81. The summed E-state index contributed by atoms with van der Waals surface area (Å²) in [7, 11) is -1.51. The van der Waals surface area contributed by atoms with Crippen LogP contribution in [0.15, 0.2) is 41.3 Å². The van der Waals surface area contributed by atoms with Crippen molar-refractivity contribution in [2.45, 2.75) is 24.7 Å². The Morgan fingerprint density at radius 1 is 1.10 bits per heavy atom. The van der Waals surface area contributed by atoms with Gasteiger partial charge in [0.1, 0.15) is 5.75 Å². The smallest absolute Gasteiger partial charge is 0.178 e. The predicted molar refractivity (Wildman–Crippen MR) is 83.5 cm³/mol. The number of fused-ring (bicyclic) bond motifs is 1.